The molecule has 1 fully saturated rings. The van der Waals surface area contributed by atoms with Crippen LogP contribution in [-0.2, 0) is 20.7 Å². The van der Waals surface area contributed by atoms with Crippen molar-refractivity contribution < 1.29 is 14.3 Å². The van der Waals surface area contributed by atoms with E-state index < -0.39 is 11.8 Å². The number of rotatable bonds is 6. The first-order valence-corrected chi connectivity index (χ1v) is 8.59. The Labute approximate surface area is 143 Å². The van der Waals surface area contributed by atoms with Gasteiger partial charge in [-0.2, -0.15) is 0 Å². The second kappa shape index (κ2) is 9.39. The Morgan fingerprint density at radius 1 is 1.21 bits per heavy atom. The molecule has 132 valence electrons. The molecule has 1 aromatic rings. The van der Waals surface area contributed by atoms with Gasteiger partial charge in [0.1, 0.15) is 0 Å². The highest BCUT2D eigenvalue weighted by Gasteiger charge is 2.16. The van der Waals surface area contributed by atoms with E-state index in [-0.39, 0.29) is 0 Å². The van der Waals surface area contributed by atoms with Crippen LogP contribution in [0.15, 0.2) is 18.2 Å². The summed E-state index contributed by atoms with van der Waals surface area (Å²) in [4.78, 5) is 26.3. The van der Waals surface area contributed by atoms with Crippen LogP contribution in [0.5, 0.6) is 0 Å². The van der Waals surface area contributed by atoms with Crippen LogP contribution in [0.3, 0.4) is 0 Å². The molecular weight excluding hydrogens is 306 g/mol. The lowest BCUT2D eigenvalue weighted by atomic mass is 10.1. The van der Waals surface area contributed by atoms with E-state index >= 15 is 0 Å². The summed E-state index contributed by atoms with van der Waals surface area (Å²) in [5.74, 6) is -1.19. The number of amides is 2. The van der Waals surface area contributed by atoms with E-state index in [0.29, 0.717) is 6.54 Å². The zero-order chi connectivity index (χ0) is 17.4. The maximum absolute atomic E-state index is 12.1. The number of nitrogens with one attached hydrogen (secondary N) is 2. The Balaban J connectivity index is 1.75. The van der Waals surface area contributed by atoms with Crippen molar-refractivity contribution >= 4 is 17.5 Å². The van der Waals surface area contributed by atoms with E-state index in [0.717, 1.165) is 62.5 Å². The molecule has 0 unspecified atom stereocenters. The second-order valence-electron chi connectivity index (χ2n) is 5.98. The van der Waals surface area contributed by atoms with Crippen molar-refractivity contribution in [3.05, 3.63) is 29.3 Å². The van der Waals surface area contributed by atoms with Crippen molar-refractivity contribution in [2.24, 2.45) is 0 Å². The first kappa shape index (κ1) is 18.4. The topological polar surface area (TPSA) is 70.7 Å². The van der Waals surface area contributed by atoms with E-state index in [9.17, 15) is 9.59 Å². The fraction of sp³-hybridized carbons (Fsp3) is 0.556. The minimum absolute atomic E-state index is 0.498. The van der Waals surface area contributed by atoms with E-state index in [1.165, 1.54) is 0 Å². The molecule has 2 N–H and O–H groups in total. The van der Waals surface area contributed by atoms with Gasteiger partial charge in [0.15, 0.2) is 0 Å². The van der Waals surface area contributed by atoms with Gasteiger partial charge in [0.25, 0.3) is 0 Å². The predicted octanol–water partition coefficient (Wildman–Crippen LogP) is 1.33. The van der Waals surface area contributed by atoms with Crippen LogP contribution in [0.4, 0.5) is 5.69 Å². The van der Waals surface area contributed by atoms with Crippen LogP contribution < -0.4 is 10.6 Å². The van der Waals surface area contributed by atoms with Gasteiger partial charge in [0.2, 0.25) is 0 Å². The lowest BCUT2D eigenvalue weighted by Gasteiger charge is -2.26. The van der Waals surface area contributed by atoms with Crippen LogP contribution in [-0.4, -0.2) is 56.1 Å². The van der Waals surface area contributed by atoms with Crippen molar-refractivity contribution in [1.29, 1.82) is 0 Å². The number of hydrogen-bond acceptors (Lipinski definition) is 4. The molecule has 0 spiro atoms. The molecule has 1 aromatic carbocycles. The third kappa shape index (κ3) is 5.32. The van der Waals surface area contributed by atoms with Gasteiger partial charge in [-0.1, -0.05) is 25.1 Å². The summed E-state index contributed by atoms with van der Waals surface area (Å²) in [6.45, 7) is 8.76. The molecule has 1 aliphatic rings. The van der Waals surface area contributed by atoms with Crippen molar-refractivity contribution in [2.75, 3.05) is 44.7 Å². The zero-order valence-electron chi connectivity index (χ0n) is 14.6. The summed E-state index contributed by atoms with van der Waals surface area (Å²) in [6.07, 6.45) is 1.63. The van der Waals surface area contributed by atoms with Crippen molar-refractivity contribution in [2.45, 2.75) is 26.7 Å². The number of carbonyl (C=O) groups excluding carboxylic acids is 2. The van der Waals surface area contributed by atoms with Crippen LogP contribution in [0.2, 0.25) is 0 Å². The van der Waals surface area contributed by atoms with Crippen molar-refractivity contribution in [3.8, 4) is 0 Å². The van der Waals surface area contributed by atoms with Crippen molar-refractivity contribution in [1.82, 2.24) is 10.2 Å². The molecule has 24 heavy (non-hydrogen) atoms. The fourth-order valence-corrected chi connectivity index (χ4v) is 2.78. The van der Waals surface area contributed by atoms with E-state index in [2.05, 4.69) is 15.5 Å². The zero-order valence-corrected chi connectivity index (χ0v) is 14.6. The highest BCUT2D eigenvalue weighted by atomic mass is 16.5. The number of ether oxygens (including phenoxy) is 1. The summed E-state index contributed by atoms with van der Waals surface area (Å²) >= 11 is 0. The average Bonchev–Trinajstić information content (AvgIpc) is 2.61. The molecule has 2 amide bonds. The van der Waals surface area contributed by atoms with Gasteiger partial charge in [0, 0.05) is 25.3 Å². The number of para-hydroxylation sites is 1. The highest BCUT2D eigenvalue weighted by Crippen LogP contribution is 2.20. The number of morpholine rings is 1. The van der Waals surface area contributed by atoms with Crippen LogP contribution in [0.25, 0.3) is 0 Å². The second-order valence-corrected chi connectivity index (χ2v) is 5.98. The summed E-state index contributed by atoms with van der Waals surface area (Å²) in [5, 5.41) is 5.43. The van der Waals surface area contributed by atoms with Gasteiger partial charge >= 0.3 is 11.8 Å². The minimum Gasteiger partial charge on any atom is -0.379 e. The normalized spacial score (nSPS) is 15.1. The van der Waals surface area contributed by atoms with Gasteiger partial charge in [-0.05, 0) is 37.4 Å². The Morgan fingerprint density at radius 3 is 2.67 bits per heavy atom. The summed E-state index contributed by atoms with van der Waals surface area (Å²) in [7, 11) is 0. The number of nitrogens with zero attached hydrogens (tertiary/aromatic N) is 1. The highest BCUT2D eigenvalue weighted by molar-refractivity contribution is 6.39. The summed E-state index contributed by atoms with van der Waals surface area (Å²) in [5.41, 5.74) is 2.74. The monoisotopic (exact) mass is 333 g/mol. The van der Waals surface area contributed by atoms with Crippen molar-refractivity contribution in [3.63, 3.8) is 0 Å². The number of benzene rings is 1. The Kier molecular flexibility index (Phi) is 7.21. The molecule has 0 bridgehead atoms. The minimum atomic E-state index is -0.606. The molecule has 6 nitrogen and oxygen atoms in total. The Bertz CT molecular complexity index is 569. The third-order valence-electron chi connectivity index (χ3n) is 4.23. The number of carbonyl (C=O) groups is 2. The lowest BCUT2D eigenvalue weighted by molar-refractivity contribution is -0.136. The molecule has 0 aliphatic carbocycles. The molecule has 2 rings (SSSR count). The largest absolute Gasteiger partial charge is 0.379 e. The van der Waals surface area contributed by atoms with Gasteiger partial charge in [-0.25, -0.2) is 0 Å². The number of aryl methyl sites for hydroxylation is 2. The molecule has 1 saturated heterocycles. The lowest BCUT2D eigenvalue weighted by Crippen LogP contribution is -2.40. The molecular formula is C18H27N3O3. The van der Waals surface area contributed by atoms with Crippen LogP contribution in [0.1, 0.15) is 24.5 Å². The molecule has 0 radical (unpaired) electrons. The predicted molar refractivity (Wildman–Crippen MR) is 94.1 cm³/mol. The number of hydrogen-bond donors (Lipinski definition) is 2. The maximum atomic E-state index is 12.1. The van der Waals surface area contributed by atoms with E-state index in [1.54, 1.807) is 0 Å². The SMILES string of the molecule is CCc1cccc(C)c1NC(=O)C(=O)NCCCN1CCOCC1. The fourth-order valence-electron chi connectivity index (χ4n) is 2.78. The van der Waals surface area contributed by atoms with Gasteiger partial charge in [-0.15, -0.1) is 0 Å². The Hall–Kier alpha value is -1.92. The molecule has 0 atom stereocenters. The van der Waals surface area contributed by atoms with Gasteiger partial charge in [-0.3, -0.25) is 14.5 Å². The standard InChI is InChI=1S/C18H27N3O3/c1-3-15-7-4-6-14(2)16(15)20-18(23)17(22)19-8-5-9-21-10-12-24-13-11-21/h4,6-7H,3,5,8-13H2,1-2H3,(H,19,22)(H,20,23). The van der Waals surface area contributed by atoms with Crippen LogP contribution >= 0.6 is 0 Å². The maximum Gasteiger partial charge on any atom is 0.313 e. The smallest absolute Gasteiger partial charge is 0.313 e. The van der Waals surface area contributed by atoms with E-state index in [4.69, 9.17) is 4.74 Å². The quantitative estimate of drug-likeness (QED) is 0.609. The first-order chi connectivity index (χ1) is 11.6. The molecule has 1 heterocycles. The summed E-state index contributed by atoms with van der Waals surface area (Å²) in [6, 6.07) is 5.84. The Morgan fingerprint density at radius 2 is 1.96 bits per heavy atom. The molecule has 0 aromatic heterocycles. The molecule has 1 aliphatic heterocycles. The third-order valence-corrected chi connectivity index (χ3v) is 4.23. The van der Waals surface area contributed by atoms with Gasteiger partial charge < -0.3 is 15.4 Å². The first-order valence-electron chi connectivity index (χ1n) is 8.59. The van der Waals surface area contributed by atoms with E-state index in [1.807, 2.05) is 32.0 Å². The molecule has 6 heteroatoms. The average molecular weight is 333 g/mol. The number of anilines is 1. The summed E-state index contributed by atoms with van der Waals surface area (Å²) < 4.78 is 5.30. The van der Waals surface area contributed by atoms with Crippen LogP contribution in [0, 0.1) is 6.92 Å². The van der Waals surface area contributed by atoms with Gasteiger partial charge in [0.05, 0.1) is 13.2 Å². The molecule has 0 saturated carbocycles.